The van der Waals surface area contributed by atoms with E-state index in [2.05, 4.69) is 4.40 Å². The van der Waals surface area contributed by atoms with Crippen molar-refractivity contribution in [2.75, 3.05) is 19.3 Å². The molecule has 0 atom stereocenters. The van der Waals surface area contributed by atoms with Crippen molar-refractivity contribution in [3.8, 4) is 0 Å². The van der Waals surface area contributed by atoms with Crippen LogP contribution in [0.5, 0.6) is 0 Å². The number of amidine groups is 1. The van der Waals surface area contributed by atoms with Crippen molar-refractivity contribution in [3.05, 3.63) is 24.3 Å². The van der Waals surface area contributed by atoms with E-state index >= 15 is 0 Å². The van der Waals surface area contributed by atoms with Crippen LogP contribution in [0, 0.1) is 0 Å². The minimum Gasteiger partial charge on any atom is -0.399 e. The van der Waals surface area contributed by atoms with E-state index in [1.807, 2.05) is 11.9 Å². The van der Waals surface area contributed by atoms with Crippen LogP contribution in [0.25, 0.3) is 0 Å². The van der Waals surface area contributed by atoms with Crippen LogP contribution >= 0.6 is 0 Å². The minimum atomic E-state index is -3.63. The normalized spacial score (nSPS) is 18.9. The molecular formula is C11H15N3O2S. The predicted octanol–water partition coefficient (Wildman–Crippen LogP) is 1.08. The van der Waals surface area contributed by atoms with Gasteiger partial charge in [0, 0.05) is 25.7 Å². The first-order valence-corrected chi connectivity index (χ1v) is 6.83. The van der Waals surface area contributed by atoms with Gasteiger partial charge < -0.3 is 10.6 Å². The summed E-state index contributed by atoms with van der Waals surface area (Å²) in [6, 6.07) is 6.19. The summed E-state index contributed by atoms with van der Waals surface area (Å²) in [5, 5.41) is 0. The number of rotatable bonds is 2. The number of hydrogen-bond acceptors (Lipinski definition) is 3. The summed E-state index contributed by atoms with van der Waals surface area (Å²) in [5.74, 6) is 0.618. The standard InChI is InChI=1S/C11H15N3O2S/c1-14-7-3-6-11(14)13-17(15,16)10-5-2-4-9(12)8-10/h2,4-5,8H,3,6-7,12H2,1H3/b13-11-. The van der Waals surface area contributed by atoms with Crippen LogP contribution in [0.2, 0.25) is 0 Å². The average Bonchev–Trinajstić information content (AvgIpc) is 2.64. The second-order valence-corrected chi connectivity index (χ2v) is 5.68. The molecule has 1 aliphatic heterocycles. The first kappa shape index (κ1) is 11.9. The molecule has 1 fully saturated rings. The van der Waals surface area contributed by atoms with E-state index in [0.717, 1.165) is 13.0 Å². The van der Waals surface area contributed by atoms with E-state index in [9.17, 15) is 8.42 Å². The largest absolute Gasteiger partial charge is 0.399 e. The number of nitrogens with two attached hydrogens (primary N) is 1. The van der Waals surface area contributed by atoms with Gasteiger partial charge in [-0.1, -0.05) is 6.07 Å². The first-order valence-electron chi connectivity index (χ1n) is 5.39. The predicted molar refractivity (Wildman–Crippen MR) is 67.3 cm³/mol. The molecule has 17 heavy (non-hydrogen) atoms. The van der Waals surface area contributed by atoms with Crippen LogP contribution in [0.15, 0.2) is 33.6 Å². The molecule has 6 heteroatoms. The molecule has 2 N–H and O–H groups in total. The minimum absolute atomic E-state index is 0.144. The second-order valence-electron chi connectivity index (χ2n) is 4.08. The molecule has 5 nitrogen and oxygen atoms in total. The molecule has 92 valence electrons. The molecule has 0 radical (unpaired) electrons. The Morgan fingerprint density at radius 2 is 2.18 bits per heavy atom. The van der Waals surface area contributed by atoms with Crippen molar-refractivity contribution in [1.82, 2.24) is 4.90 Å². The van der Waals surface area contributed by atoms with Crippen molar-refractivity contribution in [2.24, 2.45) is 4.40 Å². The van der Waals surface area contributed by atoms with E-state index in [4.69, 9.17) is 5.73 Å². The van der Waals surface area contributed by atoms with E-state index < -0.39 is 10.0 Å². The lowest BCUT2D eigenvalue weighted by atomic mass is 10.3. The van der Waals surface area contributed by atoms with Crippen molar-refractivity contribution in [1.29, 1.82) is 0 Å². The fraction of sp³-hybridized carbons (Fsp3) is 0.364. The van der Waals surface area contributed by atoms with Gasteiger partial charge in [-0.25, -0.2) is 0 Å². The Bertz CT molecular complexity index is 552. The highest BCUT2D eigenvalue weighted by atomic mass is 32.2. The van der Waals surface area contributed by atoms with Crippen LogP contribution in [0.1, 0.15) is 12.8 Å². The summed E-state index contributed by atoms with van der Waals surface area (Å²) >= 11 is 0. The van der Waals surface area contributed by atoms with Crippen molar-refractivity contribution in [2.45, 2.75) is 17.7 Å². The number of anilines is 1. The fourth-order valence-corrected chi connectivity index (χ4v) is 2.93. The summed E-state index contributed by atoms with van der Waals surface area (Å²) < 4.78 is 27.9. The highest BCUT2D eigenvalue weighted by Gasteiger charge is 2.20. The SMILES string of the molecule is CN1CCC/C1=N/S(=O)(=O)c1cccc(N)c1. The quantitative estimate of drug-likeness (QED) is 0.800. The average molecular weight is 253 g/mol. The third kappa shape index (κ3) is 2.58. The molecule has 0 unspecified atom stereocenters. The number of nitrogen functional groups attached to an aromatic ring is 1. The van der Waals surface area contributed by atoms with Gasteiger partial charge >= 0.3 is 0 Å². The molecule has 1 aliphatic rings. The molecule has 1 aromatic carbocycles. The van der Waals surface area contributed by atoms with Gasteiger partial charge in [-0.15, -0.1) is 4.40 Å². The topological polar surface area (TPSA) is 75.8 Å². The maximum Gasteiger partial charge on any atom is 0.284 e. The van der Waals surface area contributed by atoms with Crippen molar-refractivity contribution < 1.29 is 8.42 Å². The lowest BCUT2D eigenvalue weighted by Gasteiger charge is -2.10. The van der Waals surface area contributed by atoms with Crippen LogP contribution in [0.3, 0.4) is 0 Å². The summed E-state index contributed by atoms with van der Waals surface area (Å²) in [4.78, 5) is 2.01. The van der Waals surface area contributed by atoms with Gasteiger partial charge in [-0.3, -0.25) is 0 Å². The number of benzene rings is 1. The van der Waals surface area contributed by atoms with Crippen LogP contribution in [0.4, 0.5) is 5.69 Å². The molecule has 0 bridgehead atoms. The highest BCUT2D eigenvalue weighted by Crippen LogP contribution is 2.18. The summed E-state index contributed by atoms with van der Waals surface area (Å²) in [6.45, 7) is 0.852. The lowest BCUT2D eigenvalue weighted by molar-refractivity contribution is 0.548. The molecule has 0 aromatic heterocycles. The van der Waals surface area contributed by atoms with E-state index in [0.29, 0.717) is 17.9 Å². The number of nitrogens with zero attached hydrogens (tertiary/aromatic N) is 2. The molecule has 1 heterocycles. The van der Waals surface area contributed by atoms with Gasteiger partial charge in [-0.05, 0) is 24.6 Å². The smallest absolute Gasteiger partial charge is 0.284 e. The maximum atomic E-state index is 12.0. The summed E-state index contributed by atoms with van der Waals surface area (Å²) in [6.07, 6.45) is 1.65. The van der Waals surface area contributed by atoms with Crippen molar-refractivity contribution >= 4 is 21.5 Å². The Balaban J connectivity index is 2.37. The zero-order valence-corrected chi connectivity index (χ0v) is 10.4. The Labute approximate surface area is 101 Å². The Kier molecular flexibility index (Phi) is 3.06. The highest BCUT2D eigenvalue weighted by molar-refractivity contribution is 7.90. The molecule has 0 aliphatic carbocycles. The maximum absolute atomic E-state index is 12.0. The number of sulfonamides is 1. The van der Waals surface area contributed by atoms with Gasteiger partial charge in [0.2, 0.25) is 0 Å². The molecular weight excluding hydrogens is 238 g/mol. The molecule has 1 aromatic rings. The zero-order chi connectivity index (χ0) is 12.5. The Morgan fingerprint density at radius 1 is 1.41 bits per heavy atom. The number of hydrogen-bond donors (Lipinski definition) is 1. The van der Waals surface area contributed by atoms with Gasteiger partial charge in [0.25, 0.3) is 10.0 Å². The summed E-state index contributed by atoms with van der Waals surface area (Å²) in [7, 11) is -1.78. The van der Waals surface area contributed by atoms with Gasteiger partial charge in [0.1, 0.15) is 5.84 Å². The zero-order valence-electron chi connectivity index (χ0n) is 9.63. The molecule has 0 saturated carbocycles. The Hall–Kier alpha value is -1.56. The van der Waals surface area contributed by atoms with E-state index in [1.54, 1.807) is 12.1 Å². The van der Waals surface area contributed by atoms with Crippen LogP contribution in [-0.2, 0) is 10.0 Å². The van der Waals surface area contributed by atoms with Gasteiger partial charge in [-0.2, -0.15) is 8.42 Å². The third-order valence-corrected chi connectivity index (χ3v) is 4.02. The van der Waals surface area contributed by atoms with Crippen molar-refractivity contribution in [3.63, 3.8) is 0 Å². The van der Waals surface area contributed by atoms with Gasteiger partial charge in [0.05, 0.1) is 4.90 Å². The van der Waals surface area contributed by atoms with Gasteiger partial charge in [0.15, 0.2) is 0 Å². The second kappa shape index (κ2) is 4.37. The first-order chi connectivity index (χ1) is 7.99. The Morgan fingerprint density at radius 3 is 2.76 bits per heavy atom. The monoisotopic (exact) mass is 253 g/mol. The van der Waals surface area contributed by atoms with E-state index in [-0.39, 0.29) is 4.90 Å². The molecule has 2 rings (SSSR count). The molecule has 0 amide bonds. The number of likely N-dealkylation sites (tertiary alicyclic amines) is 1. The third-order valence-electron chi connectivity index (χ3n) is 2.72. The van der Waals surface area contributed by atoms with Crippen LogP contribution < -0.4 is 5.73 Å². The molecule has 0 spiro atoms. The summed E-state index contributed by atoms with van der Waals surface area (Å²) in [5.41, 5.74) is 5.99. The lowest BCUT2D eigenvalue weighted by Crippen LogP contribution is -2.20. The van der Waals surface area contributed by atoms with Crippen LogP contribution in [-0.4, -0.2) is 32.7 Å². The van der Waals surface area contributed by atoms with E-state index in [1.165, 1.54) is 12.1 Å². The fourth-order valence-electron chi connectivity index (χ4n) is 1.78. The molecule has 1 saturated heterocycles.